The number of H-pyrrole nitrogens is 1. The van der Waals surface area contributed by atoms with Crippen LogP contribution in [-0.2, 0) is 13.0 Å². The van der Waals surface area contributed by atoms with Gasteiger partial charge in [-0.25, -0.2) is 4.68 Å². The summed E-state index contributed by atoms with van der Waals surface area (Å²) in [6.07, 6.45) is 6.04. The maximum atomic E-state index is 13.8. The van der Waals surface area contributed by atoms with E-state index < -0.39 is 0 Å². The van der Waals surface area contributed by atoms with Crippen LogP contribution in [0, 0.1) is 0 Å². The van der Waals surface area contributed by atoms with Crippen LogP contribution in [0.25, 0.3) is 27.8 Å². The third-order valence-electron chi connectivity index (χ3n) is 6.12. The van der Waals surface area contributed by atoms with Gasteiger partial charge < -0.3 is 9.88 Å². The molecule has 1 amide bonds. The van der Waals surface area contributed by atoms with Crippen molar-refractivity contribution in [1.29, 1.82) is 0 Å². The molecular weight excluding hydrogens is 434 g/mol. The van der Waals surface area contributed by atoms with Crippen LogP contribution in [0.3, 0.4) is 0 Å². The zero-order valence-electron chi connectivity index (χ0n) is 17.7. The molecule has 1 N–H and O–H groups in total. The Morgan fingerprint density at radius 3 is 2.76 bits per heavy atom. The van der Waals surface area contributed by atoms with E-state index in [1.807, 2.05) is 71.8 Å². The number of carbonyl (C=O) groups is 1. The second-order valence-electron chi connectivity index (χ2n) is 8.16. The highest BCUT2D eigenvalue weighted by atomic mass is 35.5. The van der Waals surface area contributed by atoms with Crippen molar-refractivity contribution in [2.24, 2.45) is 0 Å². The monoisotopic (exact) mass is 453 g/mol. The fourth-order valence-corrected chi connectivity index (χ4v) is 4.66. The number of aromatic nitrogens is 4. The molecular formula is C26H20ClN5O. The predicted octanol–water partition coefficient (Wildman–Crippen LogP) is 5.27. The van der Waals surface area contributed by atoms with Crippen LogP contribution >= 0.6 is 11.6 Å². The van der Waals surface area contributed by atoms with Crippen LogP contribution in [0.15, 0.2) is 79.3 Å². The Morgan fingerprint density at radius 2 is 1.94 bits per heavy atom. The number of hydrogen-bond acceptors (Lipinski definition) is 3. The number of rotatable bonds is 3. The van der Waals surface area contributed by atoms with Crippen molar-refractivity contribution >= 4 is 28.4 Å². The van der Waals surface area contributed by atoms with Gasteiger partial charge in [-0.2, -0.15) is 5.10 Å². The smallest absolute Gasteiger partial charge is 0.258 e. The molecule has 0 saturated heterocycles. The molecule has 0 aliphatic carbocycles. The van der Waals surface area contributed by atoms with Crippen LogP contribution in [0.2, 0.25) is 5.02 Å². The minimum absolute atomic E-state index is 0.0435. The summed E-state index contributed by atoms with van der Waals surface area (Å²) in [6, 6.07) is 19.4. The highest BCUT2D eigenvalue weighted by Crippen LogP contribution is 2.31. The van der Waals surface area contributed by atoms with Gasteiger partial charge in [0.05, 0.1) is 11.3 Å². The van der Waals surface area contributed by atoms with Crippen molar-refractivity contribution in [2.45, 2.75) is 13.0 Å². The van der Waals surface area contributed by atoms with Crippen molar-refractivity contribution in [3.05, 3.63) is 101 Å². The Kier molecular flexibility index (Phi) is 4.73. The van der Waals surface area contributed by atoms with Gasteiger partial charge in [0.25, 0.3) is 5.91 Å². The molecule has 0 spiro atoms. The fourth-order valence-electron chi connectivity index (χ4n) is 4.49. The first kappa shape index (κ1) is 19.8. The van der Waals surface area contributed by atoms with Crippen molar-refractivity contribution in [3.63, 3.8) is 0 Å². The maximum Gasteiger partial charge on any atom is 0.258 e. The Bertz CT molecular complexity index is 1470. The van der Waals surface area contributed by atoms with E-state index >= 15 is 0 Å². The standard InChI is InChI=1S/C26H20ClN5O/c27-18-8-9-23-20(13-18)21-15-31(12-10-24(21)29-23)26(33)22-16-32(19-6-2-1-3-7-19)30-25(22)17-5-4-11-28-14-17/h1-9,11,13-14,16,29H,10,12,15H2. The van der Waals surface area contributed by atoms with E-state index in [1.165, 1.54) is 5.69 Å². The van der Waals surface area contributed by atoms with Crippen LogP contribution in [0.5, 0.6) is 0 Å². The van der Waals surface area contributed by atoms with Crippen LogP contribution in [0.1, 0.15) is 21.6 Å². The number of hydrogen-bond donors (Lipinski definition) is 1. The van der Waals surface area contributed by atoms with Gasteiger partial charge in [-0.1, -0.05) is 29.8 Å². The first-order chi connectivity index (χ1) is 16.2. The Balaban J connectivity index is 1.41. The van der Waals surface area contributed by atoms with Gasteiger partial charge in [-0.15, -0.1) is 0 Å². The Hall–Kier alpha value is -3.90. The van der Waals surface area contributed by atoms with E-state index in [9.17, 15) is 4.79 Å². The highest BCUT2D eigenvalue weighted by molar-refractivity contribution is 6.31. The van der Waals surface area contributed by atoms with E-state index in [0.717, 1.165) is 34.1 Å². The summed E-state index contributed by atoms with van der Waals surface area (Å²) in [6.45, 7) is 1.16. The molecule has 162 valence electrons. The van der Waals surface area contributed by atoms with E-state index in [4.69, 9.17) is 16.7 Å². The molecule has 5 aromatic rings. The third-order valence-corrected chi connectivity index (χ3v) is 6.36. The summed E-state index contributed by atoms with van der Waals surface area (Å²) in [7, 11) is 0. The summed E-state index contributed by atoms with van der Waals surface area (Å²) >= 11 is 6.25. The maximum absolute atomic E-state index is 13.8. The SMILES string of the molecule is O=C(c1cn(-c2ccccc2)nc1-c1cccnc1)N1CCc2[nH]c3ccc(Cl)cc3c2C1. The Morgan fingerprint density at radius 1 is 1.06 bits per heavy atom. The average molecular weight is 454 g/mol. The number of benzene rings is 2. The molecule has 0 unspecified atom stereocenters. The van der Waals surface area contributed by atoms with E-state index in [0.29, 0.717) is 29.4 Å². The molecule has 6 rings (SSSR count). The number of fused-ring (bicyclic) bond motifs is 3. The number of pyridine rings is 1. The van der Waals surface area contributed by atoms with Gasteiger partial charge in [-0.05, 0) is 42.5 Å². The normalized spacial score (nSPS) is 13.3. The number of para-hydroxylation sites is 1. The quantitative estimate of drug-likeness (QED) is 0.405. The molecule has 0 saturated carbocycles. The lowest BCUT2D eigenvalue weighted by Crippen LogP contribution is -2.35. The fraction of sp³-hybridized carbons (Fsp3) is 0.115. The van der Waals surface area contributed by atoms with E-state index in [1.54, 1.807) is 17.1 Å². The van der Waals surface area contributed by atoms with Gasteiger partial charge >= 0.3 is 0 Å². The highest BCUT2D eigenvalue weighted by Gasteiger charge is 2.28. The van der Waals surface area contributed by atoms with Crippen LogP contribution in [0.4, 0.5) is 0 Å². The molecule has 6 nitrogen and oxygen atoms in total. The van der Waals surface area contributed by atoms with Gasteiger partial charge in [0.15, 0.2) is 0 Å². The molecule has 0 atom stereocenters. The summed E-state index contributed by atoms with van der Waals surface area (Å²) in [5.41, 5.74) is 6.25. The summed E-state index contributed by atoms with van der Waals surface area (Å²) in [4.78, 5) is 23.4. The number of halogens is 1. The molecule has 0 radical (unpaired) electrons. The minimum Gasteiger partial charge on any atom is -0.358 e. The average Bonchev–Trinajstić information content (AvgIpc) is 3.46. The van der Waals surface area contributed by atoms with Crippen LogP contribution < -0.4 is 0 Å². The number of amides is 1. The van der Waals surface area contributed by atoms with Gasteiger partial charge in [0.1, 0.15) is 5.69 Å². The van der Waals surface area contributed by atoms with Crippen molar-refractivity contribution in [2.75, 3.05) is 6.54 Å². The topological polar surface area (TPSA) is 66.8 Å². The summed E-state index contributed by atoms with van der Waals surface area (Å²) in [5.74, 6) is -0.0435. The van der Waals surface area contributed by atoms with E-state index in [2.05, 4.69) is 9.97 Å². The van der Waals surface area contributed by atoms with E-state index in [-0.39, 0.29) is 5.91 Å². The first-order valence-corrected chi connectivity index (χ1v) is 11.2. The molecule has 3 aromatic heterocycles. The Labute approximate surface area is 195 Å². The predicted molar refractivity (Wildman–Crippen MR) is 129 cm³/mol. The van der Waals surface area contributed by atoms with Crippen molar-refractivity contribution < 1.29 is 4.79 Å². The first-order valence-electron chi connectivity index (χ1n) is 10.8. The van der Waals surface area contributed by atoms with Crippen molar-refractivity contribution in [3.8, 4) is 16.9 Å². The number of carbonyl (C=O) groups excluding carboxylic acids is 1. The molecule has 0 bridgehead atoms. The molecule has 2 aromatic carbocycles. The molecule has 7 heteroatoms. The zero-order chi connectivity index (χ0) is 22.4. The largest absolute Gasteiger partial charge is 0.358 e. The van der Waals surface area contributed by atoms with Gasteiger partial charge in [-0.3, -0.25) is 9.78 Å². The summed E-state index contributed by atoms with van der Waals surface area (Å²) in [5, 5.41) is 6.53. The van der Waals surface area contributed by atoms with Gasteiger partial charge in [0.2, 0.25) is 0 Å². The molecule has 1 aliphatic heterocycles. The van der Waals surface area contributed by atoms with Crippen LogP contribution in [-0.4, -0.2) is 37.1 Å². The van der Waals surface area contributed by atoms with Crippen molar-refractivity contribution in [1.82, 2.24) is 24.6 Å². The number of nitrogens with one attached hydrogen (secondary N) is 1. The lowest BCUT2D eigenvalue weighted by molar-refractivity contribution is 0.0736. The minimum atomic E-state index is -0.0435. The number of nitrogens with zero attached hydrogens (tertiary/aromatic N) is 4. The lowest BCUT2D eigenvalue weighted by Gasteiger charge is -2.27. The van der Waals surface area contributed by atoms with Gasteiger partial charge in [0, 0.05) is 70.8 Å². The second-order valence-corrected chi connectivity index (χ2v) is 8.60. The molecule has 33 heavy (non-hydrogen) atoms. The molecule has 1 aliphatic rings. The number of aromatic amines is 1. The molecule has 0 fully saturated rings. The third kappa shape index (κ3) is 3.49. The lowest BCUT2D eigenvalue weighted by atomic mass is 10.0. The molecule has 4 heterocycles. The second kappa shape index (κ2) is 7.90. The summed E-state index contributed by atoms with van der Waals surface area (Å²) < 4.78 is 1.76. The zero-order valence-corrected chi connectivity index (χ0v) is 18.5.